The highest BCUT2D eigenvalue weighted by molar-refractivity contribution is 7.66. The van der Waals surface area contributed by atoms with E-state index < -0.39 is 59.8 Å². The number of alkyl halides is 1. The molecule has 3 unspecified atom stereocenters. The molecule has 0 bridgehead atoms. The standard InChI is InChI=1S/C13H19FN3O13P3/c1-3-4-13(14)10(18)8(28-11(13)17-7(2)5-9(15)16-12(17)19)6-27-32(23,24)30-33(25,26)29-31(20,21)22/h5,8,10-11,18H,6H2,1-2H3,(H,23,24)(H,25,26)(H2,15,16,19)(H2,20,21,22)/t8-,10+,11-,13?/m1/s1/i6D2. The number of ether oxygens (including phenoxy) is 1. The second-order valence-corrected chi connectivity index (χ2v) is 10.6. The first kappa shape index (κ1) is 24.6. The number of aliphatic hydroxyl groups excluding tert-OH is 1. The van der Waals surface area contributed by atoms with Gasteiger partial charge >= 0.3 is 29.2 Å². The maximum Gasteiger partial charge on any atom is 0.490 e. The lowest BCUT2D eigenvalue weighted by molar-refractivity contribution is -0.0543. The zero-order chi connectivity index (χ0) is 27.2. The average Bonchev–Trinajstić information content (AvgIpc) is 2.83. The summed E-state index contributed by atoms with van der Waals surface area (Å²) in [6.07, 6.45) is -7.37. The van der Waals surface area contributed by atoms with Gasteiger partial charge in [0, 0.05) is 5.69 Å². The van der Waals surface area contributed by atoms with Gasteiger partial charge in [-0.1, -0.05) is 5.92 Å². The molecule has 7 N–H and O–H groups in total. The number of rotatable bonds is 8. The van der Waals surface area contributed by atoms with Crippen molar-refractivity contribution >= 4 is 29.3 Å². The zero-order valence-electron chi connectivity index (χ0n) is 18.5. The highest BCUT2D eigenvalue weighted by Gasteiger charge is 2.59. The van der Waals surface area contributed by atoms with Crippen LogP contribution in [0.1, 0.15) is 21.6 Å². The Morgan fingerprint density at radius 1 is 1.33 bits per heavy atom. The van der Waals surface area contributed by atoms with Crippen molar-refractivity contribution in [2.45, 2.75) is 38.0 Å². The Bertz CT molecular complexity index is 1260. The van der Waals surface area contributed by atoms with Crippen LogP contribution in [0.5, 0.6) is 0 Å². The van der Waals surface area contributed by atoms with E-state index >= 15 is 4.39 Å². The fraction of sp³-hybridized carbons (Fsp3) is 0.538. The third-order valence-corrected chi connectivity index (χ3v) is 7.43. The van der Waals surface area contributed by atoms with Gasteiger partial charge in [-0.15, -0.1) is 5.92 Å². The number of hydrogen-bond acceptors (Lipinski definition) is 11. The number of aliphatic hydroxyl groups is 1. The first-order valence-corrected chi connectivity index (χ1v) is 12.8. The highest BCUT2D eigenvalue weighted by Crippen LogP contribution is 2.66. The molecule has 2 rings (SSSR count). The number of nitrogens with zero attached hydrogens (tertiary/aromatic N) is 2. The van der Waals surface area contributed by atoms with Crippen LogP contribution in [0.2, 0.25) is 0 Å². The summed E-state index contributed by atoms with van der Waals surface area (Å²) in [6.45, 7) is -1.33. The Labute approximate surface area is 187 Å². The highest BCUT2D eigenvalue weighted by atomic mass is 31.3. The molecule has 16 nitrogen and oxygen atoms in total. The van der Waals surface area contributed by atoms with Crippen LogP contribution in [0.3, 0.4) is 0 Å². The number of phosphoric ester groups is 1. The van der Waals surface area contributed by atoms with Crippen LogP contribution >= 0.6 is 23.5 Å². The van der Waals surface area contributed by atoms with Gasteiger partial charge in [0.25, 0.3) is 0 Å². The summed E-state index contributed by atoms with van der Waals surface area (Å²) in [5.74, 6) is 3.80. The number of anilines is 1. The molecule has 0 saturated carbocycles. The summed E-state index contributed by atoms with van der Waals surface area (Å²) in [5.41, 5.74) is 0.959. The molecule has 0 aromatic carbocycles. The van der Waals surface area contributed by atoms with Gasteiger partial charge in [0.2, 0.25) is 5.67 Å². The topological polar surface area (TPSA) is 250 Å². The van der Waals surface area contributed by atoms with Gasteiger partial charge in [0.05, 0.1) is 9.30 Å². The van der Waals surface area contributed by atoms with Crippen molar-refractivity contribution < 1.29 is 63.4 Å². The maximum absolute atomic E-state index is 15.8. The van der Waals surface area contributed by atoms with E-state index in [1.807, 2.05) is 5.92 Å². The average molecular weight is 539 g/mol. The number of nitrogens with two attached hydrogens (primary N) is 1. The van der Waals surface area contributed by atoms with Gasteiger partial charge in [-0.2, -0.15) is 13.6 Å². The predicted molar refractivity (Wildman–Crippen MR) is 105 cm³/mol. The number of aryl methyl sites for hydroxylation is 1. The summed E-state index contributed by atoms with van der Waals surface area (Å²) < 4.78 is 82.4. The first-order valence-electron chi connectivity index (χ1n) is 9.31. The normalized spacial score (nSPS) is 30.4. The molecule has 0 radical (unpaired) electrons. The van der Waals surface area contributed by atoms with E-state index in [9.17, 15) is 33.4 Å². The Balaban J connectivity index is 2.45. The van der Waals surface area contributed by atoms with Crippen molar-refractivity contribution in [3.05, 3.63) is 22.2 Å². The molecule has 6 atom stereocenters. The molecule has 186 valence electrons. The van der Waals surface area contributed by atoms with Crippen LogP contribution in [0.25, 0.3) is 0 Å². The summed E-state index contributed by atoms with van der Waals surface area (Å²) in [7, 11) is -17.8. The number of phosphoric acid groups is 3. The molecule has 1 saturated heterocycles. The minimum absolute atomic E-state index is 0.0614. The molecule has 1 aromatic rings. The molecule has 0 amide bonds. The predicted octanol–water partition coefficient (Wildman–Crippen LogP) is -0.533. The van der Waals surface area contributed by atoms with Gasteiger partial charge in [-0.05, 0) is 19.9 Å². The van der Waals surface area contributed by atoms with E-state index in [1.54, 1.807) is 0 Å². The fourth-order valence-electron chi connectivity index (χ4n) is 2.68. The Morgan fingerprint density at radius 2 is 1.94 bits per heavy atom. The molecule has 1 fully saturated rings. The van der Waals surface area contributed by atoms with Gasteiger partial charge in [-0.25, -0.2) is 22.9 Å². The summed E-state index contributed by atoms with van der Waals surface area (Å²) in [4.78, 5) is 51.6. The number of hydrogen-bond donors (Lipinski definition) is 6. The van der Waals surface area contributed by atoms with E-state index in [-0.39, 0.29) is 11.5 Å². The van der Waals surface area contributed by atoms with E-state index in [1.165, 1.54) is 6.92 Å². The fourth-order valence-corrected chi connectivity index (χ4v) is 5.55. The van der Waals surface area contributed by atoms with Crippen LogP contribution in [0.4, 0.5) is 10.2 Å². The third-order valence-electron chi connectivity index (χ3n) is 3.77. The van der Waals surface area contributed by atoms with Crippen molar-refractivity contribution in [2.24, 2.45) is 0 Å². The minimum atomic E-state index is -6.08. The molecule has 33 heavy (non-hydrogen) atoms. The van der Waals surface area contributed by atoms with Crippen molar-refractivity contribution in [1.29, 1.82) is 0 Å². The van der Waals surface area contributed by atoms with Crippen LogP contribution in [-0.4, -0.2) is 58.7 Å². The lowest BCUT2D eigenvalue weighted by Gasteiger charge is -2.25. The molecular weight excluding hydrogens is 518 g/mol. The molecule has 1 aliphatic rings. The number of nitrogen functional groups attached to an aromatic ring is 1. The summed E-state index contributed by atoms with van der Waals surface area (Å²) in [6, 6.07) is 1.12. The smallest absolute Gasteiger partial charge is 0.386 e. The first-order chi connectivity index (χ1) is 15.6. The zero-order valence-corrected chi connectivity index (χ0v) is 19.2. The lowest BCUT2D eigenvalue weighted by atomic mass is 9.96. The summed E-state index contributed by atoms with van der Waals surface area (Å²) in [5, 5.41) is 10.5. The molecular formula is C13H19FN3O13P3. The third kappa shape index (κ3) is 6.77. The van der Waals surface area contributed by atoms with Crippen LogP contribution in [-0.2, 0) is 31.6 Å². The Morgan fingerprint density at radius 3 is 2.45 bits per heavy atom. The van der Waals surface area contributed by atoms with Crippen LogP contribution in [0, 0.1) is 18.8 Å². The lowest BCUT2D eigenvalue weighted by Crippen LogP contribution is -2.45. The number of aromatic nitrogens is 2. The van der Waals surface area contributed by atoms with E-state index in [4.69, 9.17) is 23.0 Å². The molecule has 20 heteroatoms. The minimum Gasteiger partial charge on any atom is -0.386 e. The largest absolute Gasteiger partial charge is 0.490 e. The van der Waals surface area contributed by atoms with Gasteiger partial charge in [-0.3, -0.25) is 9.09 Å². The monoisotopic (exact) mass is 539 g/mol. The van der Waals surface area contributed by atoms with E-state index in [0.29, 0.717) is 4.57 Å². The Kier molecular flexibility index (Phi) is 7.18. The van der Waals surface area contributed by atoms with Crippen molar-refractivity contribution in [3.63, 3.8) is 0 Å². The van der Waals surface area contributed by atoms with Crippen LogP contribution in [0.15, 0.2) is 10.9 Å². The van der Waals surface area contributed by atoms with Gasteiger partial charge < -0.3 is 35.2 Å². The van der Waals surface area contributed by atoms with Crippen molar-refractivity contribution in [3.8, 4) is 11.8 Å². The molecule has 1 aliphatic heterocycles. The number of halogens is 1. The van der Waals surface area contributed by atoms with E-state index in [0.717, 1.165) is 13.0 Å². The Hall–Kier alpha value is -1.50. The van der Waals surface area contributed by atoms with Gasteiger partial charge in [0.15, 0.2) is 6.23 Å². The molecule has 2 heterocycles. The molecule has 1 aromatic heterocycles. The second-order valence-electron chi connectivity index (χ2n) is 6.27. The van der Waals surface area contributed by atoms with Crippen LogP contribution < -0.4 is 11.4 Å². The van der Waals surface area contributed by atoms with Crippen molar-refractivity contribution in [1.82, 2.24) is 9.55 Å². The summed E-state index contributed by atoms with van der Waals surface area (Å²) >= 11 is 0. The molecule has 0 aliphatic carbocycles. The SMILES string of the molecule is [2H]C([2H])(OP(=O)(O)OP(=O)(O)OP(=O)(O)O)[C@H]1O[C@@H](n2c(C)cc(N)nc2=O)C(F)(C#CC)[C@H]1O. The second kappa shape index (κ2) is 9.63. The van der Waals surface area contributed by atoms with Crippen molar-refractivity contribution in [2.75, 3.05) is 12.3 Å². The van der Waals surface area contributed by atoms with Gasteiger partial charge in [0.1, 0.15) is 18.0 Å². The maximum atomic E-state index is 15.8. The quantitative estimate of drug-likeness (QED) is 0.179. The molecule has 0 spiro atoms. The van der Waals surface area contributed by atoms with E-state index in [2.05, 4.69) is 24.0 Å².